The summed E-state index contributed by atoms with van der Waals surface area (Å²) in [6.07, 6.45) is 3.42. The maximum atomic E-state index is 13.5. The van der Waals surface area contributed by atoms with E-state index in [9.17, 15) is 33.9 Å². The molecule has 0 aliphatic heterocycles. The Balaban J connectivity index is 2.89. The van der Waals surface area contributed by atoms with Crippen molar-refractivity contribution in [2.75, 3.05) is 26.2 Å². The van der Waals surface area contributed by atoms with E-state index in [1.54, 1.807) is 30.3 Å². The molecule has 1 aromatic rings. The number of rotatable bonds is 23. The van der Waals surface area contributed by atoms with Gasteiger partial charge in [0.25, 0.3) is 0 Å². The second-order valence-electron chi connectivity index (χ2n) is 11.6. The Morgan fingerprint density at radius 2 is 1.26 bits per heavy atom. The van der Waals surface area contributed by atoms with Crippen LogP contribution in [0.5, 0.6) is 0 Å². The van der Waals surface area contributed by atoms with E-state index in [1.165, 1.54) is 0 Å². The van der Waals surface area contributed by atoms with Gasteiger partial charge in [0, 0.05) is 6.42 Å². The van der Waals surface area contributed by atoms with Crippen molar-refractivity contribution in [1.29, 1.82) is 0 Å². The number of amides is 5. The molecule has 0 radical (unpaired) electrons. The highest BCUT2D eigenvalue weighted by molar-refractivity contribution is 5.94. The van der Waals surface area contributed by atoms with Crippen molar-refractivity contribution in [2.24, 2.45) is 23.1 Å². The van der Waals surface area contributed by atoms with E-state index >= 15 is 0 Å². The topological polar surface area (TPSA) is 261 Å². The molecule has 0 aliphatic rings. The van der Waals surface area contributed by atoms with Crippen molar-refractivity contribution in [3.05, 3.63) is 35.9 Å². The highest BCUT2D eigenvalue weighted by Gasteiger charge is 2.30. The number of carboxylic acids is 1. The second-order valence-corrected chi connectivity index (χ2v) is 11.6. The molecular formula is C31H52N8O7. The summed E-state index contributed by atoms with van der Waals surface area (Å²) in [5.74, 6) is -4.34. The summed E-state index contributed by atoms with van der Waals surface area (Å²) < 4.78 is 0. The molecule has 0 heterocycles. The van der Waals surface area contributed by atoms with Crippen LogP contribution in [0.4, 0.5) is 0 Å². The van der Waals surface area contributed by atoms with Gasteiger partial charge in [-0.25, -0.2) is 4.79 Å². The molecule has 0 aliphatic carbocycles. The number of carbonyl (C=O) groups excluding carboxylic acids is 5. The van der Waals surface area contributed by atoms with Crippen LogP contribution >= 0.6 is 0 Å². The number of carbonyl (C=O) groups is 6. The minimum Gasteiger partial charge on any atom is -0.480 e. The zero-order valence-corrected chi connectivity index (χ0v) is 26.9. The smallest absolute Gasteiger partial charge is 0.326 e. The minimum absolute atomic E-state index is 0.0325. The quantitative estimate of drug-likeness (QED) is 0.0629. The molecule has 258 valence electrons. The van der Waals surface area contributed by atoms with Gasteiger partial charge in [0.2, 0.25) is 29.5 Å². The minimum atomic E-state index is -1.19. The number of carboxylic acid groups (broad SMARTS) is 1. The van der Waals surface area contributed by atoms with E-state index in [0.29, 0.717) is 38.8 Å². The van der Waals surface area contributed by atoms with Gasteiger partial charge in [0.1, 0.15) is 18.1 Å². The molecule has 4 atom stereocenters. The summed E-state index contributed by atoms with van der Waals surface area (Å²) in [5, 5.41) is 22.2. The van der Waals surface area contributed by atoms with Crippen LogP contribution in [-0.4, -0.2) is 91.0 Å². The first-order chi connectivity index (χ1) is 21.9. The van der Waals surface area contributed by atoms with Gasteiger partial charge in [-0.1, -0.05) is 50.6 Å². The molecule has 1 aromatic carbocycles. The predicted molar refractivity (Wildman–Crippen MR) is 173 cm³/mol. The molecule has 0 aromatic heterocycles. The van der Waals surface area contributed by atoms with Gasteiger partial charge in [-0.2, -0.15) is 0 Å². The lowest BCUT2D eigenvalue weighted by Crippen LogP contribution is -2.57. The average molecular weight is 649 g/mol. The lowest BCUT2D eigenvalue weighted by molar-refractivity contribution is -0.142. The number of nitrogens with one attached hydrogen (secondary N) is 5. The molecular weight excluding hydrogens is 596 g/mol. The fourth-order valence-electron chi connectivity index (χ4n) is 4.48. The zero-order chi connectivity index (χ0) is 34.5. The van der Waals surface area contributed by atoms with Crippen LogP contribution < -0.4 is 43.8 Å². The molecule has 15 heteroatoms. The van der Waals surface area contributed by atoms with Crippen LogP contribution in [0.15, 0.2) is 30.3 Å². The van der Waals surface area contributed by atoms with E-state index < -0.39 is 66.2 Å². The summed E-state index contributed by atoms with van der Waals surface area (Å²) in [7, 11) is 0. The van der Waals surface area contributed by atoms with E-state index in [-0.39, 0.29) is 31.7 Å². The number of hydrogen-bond donors (Lipinski definition) is 9. The van der Waals surface area contributed by atoms with Gasteiger partial charge in [0.05, 0.1) is 19.1 Å². The predicted octanol–water partition coefficient (Wildman–Crippen LogP) is -1.37. The largest absolute Gasteiger partial charge is 0.480 e. The number of benzene rings is 1. The van der Waals surface area contributed by atoms with E-state index in [1.807, 2.05) is 13.8 Å². The highest BCUT2D eigenvalue weighted by Crippen LogP contribution is 2.10. The summed E-state index contributed by atoms with van der Waals surface area (Å²) in [4.78, 5) is 75.6. The lowest BCUT2D eigenvalue weighted by Gasteiger charge is -2.25. The molecule has 0 fully saturated rings. The van der Waals surface area contributed by atoms with Gasteiger partial charge >= 0.3 is 5.97 Å². The van der Waals surface area contributed by atoms with Gasteiger partial charge < -0.3 is 48.9 Å². The monoisotopic (exact) mass is 648 g/mol. The molecule has 0 unspecified atom stereocenters. The summed E-state index contributed by atoms with van der Waals surface area (Å²) in [5.41, 5.74) is 17.5. The van der Waals surface area contributed by atoms with Crippen LogP contribution in [0, 0.1) is 5.92 Å². The first-order valence-electron chi connectivity index (χ1n) is 15.7. The first kappa shape index (κ1) is 39.9. The third-order valence-corrected chi connectivity index (χ3v) is 7.01. The molecule has 15 nitrogen and oxygen atoms in total. The number of hydrogen-bond acceptors (Lipinski definition) is 9. The maximum absolute atomic E-state index is 13.5. The van der Waals surface area contributed by atoms with Crippen molar-refractivity contribution in [3.8, 4) is 0 Å². The maximum Gasteiger partial charge on any atom is 0.326 e. The molecule has 12 N–H and O–H groups in total. The van der Waals surface area contributed by atoms with Crippen LogP contribution in [-0.2, 0) is 35.2 Å². The van der Waals surface area contributed by atoms with Crippen molar-refractivity contribution < 1.29 is 33.9 Å². The molecule has 5 amide bonds. The Labute approximate surface area is 270 Å². The summed E-state index contributed by atoms with van der Waals surface area (Å²) in [6.45, 7) is 3.73. The molecule has 1 rings (SSSR count). The molecule has 0 spiro atoms. The second kappa shape index (κ2) is 22.4. The van der Waals surface area contributed by atoms with Crippen molar-refractivity contribution >= 4 is 35.5 Å². The van der Waals surface area contributed by atoms with Crippen molar-refractivity contribution in [2.45, 2.75) is 89.4 Å². The Morgan fingerprint density at radius 3 is 1.85 bits per heavy atom. The van der Waals surface area contributed by atoms with Crippen molar-refractivity contribution in [1.82, 2.24) is 26.6 Å². The third kappa shape index (κ3) is 16.8. The normalized spacial score (nSPS) is 13.5. The Bertz CT molecular complexity index is 1120. The third-order valence-electron chi connectivity index (χ3n) is 7.01. The molecule has 0 saturated heterocycles. The number of aliphatic carboxylic acids is 1. The average Bonchev–Trinajstić information content (AvgIpc) is 3.01. The van der Waals surface area contributed by atoms with Crippen LogP contribution in [0.1, 0.15) is 64.4 Å². The zero-order valence-electron chi connectivity index (χ0n) is 26.9. The Kier molecular flexibility index (Phi) is 19.5. The van der Waals surface area contributed by atoms with Crippen LogP contribution in [0.2, 0.25) is 0 Å². The lowest BCUT2D eigenvalue weighted by atomic mass is 10.0. The summed E-state index contributed by atoms with van der Waals surface area (Å²) >= 11 is 0. The van der Waals surface area contributed by atoms with Gasteiger partial charge in [-0.15, -0.1) is 0 Å². The summed E-state index contributed by atoms with van der Waals surface area (Å²) in [6, 6.07) is 4.77. The van der Waals surface area contributed by atoms with Gasteiger partial charge in [0.15, 0.2) is 0 Å². The number of nitrogens with two attached hydrogens (primary N) is 3. The van der Waals surface area contributed by atoms with Gasteiger partial charge in [-0.3, -0.25) is 24.0 Å². The van der Waals surface area contributed by atoms with Crippen molar-refractivity contribution in [3.63, 3.8) is 0 Å². The Morgan fingerprint density at radius 1 is 0.696 bits per heavy atom. The standard InChI is InChI=1S/C31H52N8O7/c1-20(2)16-24(29(43)38-23(31(45)46)13-7-9-15-33)39-30(44)25(17-21-10-4-3-5-11-21)37-27(41)19-35-26(40)18-36-28(42)22(34)12-6-8-14-32/h3-5,10-11,20,22-25H,6-9,12-19,32-34H2,1-2H3,(H,35,40)(H,36,42)(H,37,41)(H,38,43)(H,39,44)(H,45,46)/t22-,23-,24-,25-/m0/s1. The highest BCUT2D eigenvalue weighted by atomic mass is 16.4. The fraction of sp³-hybridized carbons (Fsp3) is 0.613. The van der Waals surface area contributed by atoms with E-state index in [0.717, 1.165) is 12.0 Å². The number of unbranched alkanes of at least 4 members (excludes halogenated alkanes) is 2. The molecule has 46 heavy (non-hydrogen) atoms. The molecule has 0 saturated carbocycles. The SMILES string of the molecule is CC(C)C[C@H](NC(=O)[C@H](Cc1ccccc1)NC(=O)CNC(=O)CNC(=O)[C@@H](N)CCCCN)C(=O)N[C@@H](CCCCN)C(=O)O. The van der Waals surface area contributed by atoms with Crippen LogP contribution in [0.3, 0.4) is 0 Å². The van der Waals surface area contributed by atoms with Crippen LogP contribution in [0.25, 0.3) is 0 Å². The fourth-order valence-corrected chi connectivity index (χ4v) is 4.48. The van der Waals surface area contributed by atoms with E-state index in [2.05, 4.69) is 26.6 Å². The molecule has 0 bridgehead atoms. The first-order valence-corrected chi connectivity index (χ1v) is 15.7. The van der Waals surface area contributed by atoms with Gasteiger partial charge in [-0.05, 0) is 63.1 Å². The Hall–Kier alpha value is -4.08. The van der Waals surface area contributed by atoms with E-state index in [4.69, 9.17) is 17.2 Å².